The van der Waals surface area contributed by atoms with Crippen LogP contribution in [0.5, 0.6) is 0 Å². The van der Waals surface area contributed by atoms with Crippen molar-refractivity contribution in [2.24, 2.45) is 13.0 Å². The van der Waals surface area contributed by atoms with E-state index < -0.39 is 0 Å². The van der Waals surface area contributed by atoms with E-state index in [1.165, 1.54) is 18.5 Å². The number of ether oxygens (including phenoxy) is 1. The molecule has 0 unspecified atom stereocenters. The van der Waals surface area contributed by atoms with Crippen LogP contribution in [-0.2, 0) is 36.2 Å². The molecule has 0 bridgehead atoms. The molecule has 136 valence electrons. The van der Waals surface area contributed by atoms with Crippen LogP contribution < -0.4 is 5.32 Å². The zero-order valence-corrected chi connectivity index (χ0v) is 15.1. The Morgan fingerprint density at radius 1 is 1.44 bits per heavy atom. The summed E-state index contributed by atoms with van der Waals surface area (Å²) >= 11 is 0. The lowest BCUT2D eigenvalue weighted by Gasteiger charge is -2.24. The quantitative estimate of drug-likeness (QED) is 0.815. The van der Waals surface area contributed by atoms with Crippen molar-refractivity contribution in [2.45, 2.75) is 26.6 Å². The molecular formula is C17H26N6O2. The van der Waals surface area contributed by atoms with Gasteiger partial charge < -0.3 is 10.1 Å². The number of nitrogens with one attached hydrogen (secondary N) is 1. The standard InChI is InChI=1S/C17H26N6O2/c1-13-6-16(21(2)20-13)11-22-8-14(7-18-17(24)12-25-3)9-23-15(10-22)4-5-19-23/h4-6,14H,7-12H2,1-3H3,(H,18,24)/t14-/m0/s1. The van der Waals surface area contributed by atoms with Crippen molar-refractivity contribution in [3.63, 3.8) is 0 Å². The summed E-state index contributed by atoms with van der Waals surface area (Å²) in [5.41, 5.74) is 3.41. The van der Waals surface area contributed by atoms with Crippen LogP contribution in [0.2, 0.25) is 0 Å². The van der Waals surface area contributed by atoms with Crippen molar-refractivity contribution in [3.05, 3.63) is 35.4 Å². The number of fused-ring (bicyclic) bond motifs is 1. The van der Waals surface area contributed by atoms with Crippen molar-refractivity contribution in [1.29, 1.82) is 0 Å². The zero-order chi connectivity index (χ0) is 17.8. The number of carbonyl (C=O) groups excluding carboxylic acids is 1. The van der Waals surface area contributed by atoms with E-state index in [1.54, 1.807) is 0 Å². The molecule has 2 aromatic heterocycles. The third-order valence-corrected chi connectivity index (χ3v) is 4.49. The molecule has 0 aliphatic carbocycles. The molecule has 2 aromatic rings. The molecular weight excluding hydrogens is 320 g/mol. The fourth-order valence-electron chi connectivity index (χ4n) is 3.35. The molecule has 1 N–H and O–H groups in total. The lowest BCUT2D eigenvalue weighted by molar-refractivity contribution is -0.124. The third-order valence-electron chi connectivity index (χ3n) is 4.49. The Balaban J connectivity index is 1.70. The van der Waals surface area contributed by atoms with Crippen LogP contribution in [0, 0.1) is 12.8 Å². The van der Waals surface area contributed by atoms with Gasteiger partial charge in [0.15, 0.2) is 0 Å². The summed E-state index contributed by atoms with van der Waals surface area (Å²) in [6.07, 6.45) is 1.84. The average Bonchev–Trinajstić information content (AvgIpc) is 3.07. The van der Waals surface area contributed by atoms with Gasteiger partial charge in [-0.2, -0.15) is 10.2 Å². The maximum Gasteiger partial charge on any atom is 0.245 e. The summed E-state index contributed by atoms with van der Waals surface area (Å²) in [7, 11) is 3.51. The molecule has 1 atom stereocenters. The Bertz CT molecular complexity index is 723. The van der Waals surface area contributed by atoms with Crippen molar-refractivity contribution in [2.75, 3.05) is 26.8 Å². The number of hydrogen-bond donors (Lipinski definition) is 1. The normalized spacial score (nSPS) is 18.0. The van der Waals surface area contributed by atoms with E-state index in [-0.39, 0.29) is 18.4 Å². The molecule has 1 aliphatic heterocycles. The highest BCUT2D eigenvalue weighted by molar-refractivity contribution is 5.77. The Kier molecular flexibility index (Phi) is 5.50. The Hall–Kier alpha value is -2.19. The SMILES string of the molecule is COCC(=O)NC[C@H]1CN(Cc2cc(C)nn2C)Cc2ccnn2C1. The molecule has 8 nitrogen and oxygen atoms in total. The number of aromatic nitrogens is 4. The molecule has 25 heavy (non-hydrogen) atoms. The first-order valence-electron chi connectivity index (χ1n) is 8.53. The lowest BCUT2D eigenvalue weighted by atomic mass is 10.1. The average molecular weight is 346 g/mol. The molecule has 0 saturated heterocycles. The highest BCUT2D eigenvalue weighted by atomic mass is 16.5. The monoisotopic (exact) mass is 346 g/mol. The van der Waals surface area contributed by atoms with Gasteiger partial charge in [0.1, 0.15) is 6.61 Å². The van der Waals surface area contributed by atoms with E-state index in [2.05, 4.69) is 32.5 Å². The minimum atomic E-state index is -0.0822. The molecule has 0 saturated carbocycles. The van der Waals surface area contributed by atoms with E-state index in [4.69, 9.17) is 4.74 Å². The number of aryl methyl sites for hydroxylation is 2. The van der Waals surface area contributed by atoms with Gasteiger partial charge in [0.25, 0.3) is 0 Å². The summed E-state index contributed by atoms with van der Waals surface area (Å²) < 4.78 is 8.86. The predicted octanol–water partition coefficient (Wildman–Crippen LogP) is 0.320. The van der Waals surface area contributed by atoms with Gasteiger partial charge in [-0.05, 0) is 19.1 Å². The Morgan fingerprint density at radius 3 is 3.00 bits per heavy atom. The van der Waals surface area contributed by atoms with Crippen LogP contribution in [0.1, 0.15) is 17.1 Å². The van der Waals surface area contributed by atoms with E-state index >= 15 is 0 Å². The van der Waals surface area contributed by atoms with Gasteiger partial charge in [0.2, 0.25) is 5.91 Å². The largest absolute Gasteiger partial charge is 0.375 e. The van der Waals surface area contributed by atoms with Crippen LogP contribution in [-0.4, -0.2) is 57.2 Å². The van der Waals surface area contributed by atoms with Crippen molar-refractivity contribution in [3.8, 4) is 0 Å². The van der Waals surface area contributed by atoms with Gasteiger partial charge in [0.05, 0.1) is 17.1 Å². The van der Waals surface area contributed by atoms with Gasteiger partial charge in [-0.3, -0.25) is 19.1 Å². The van der Waals surface area contributed by atoms with Crippen molar-refractivity contribution in [1.82, 2.24) is 29.8 Å². The van der Waals surface area contributed by atoms with Gasteiger partial charge in [-0.25, -0.2) is 0 Å². The minimum Gasteiger partial charge on any atom is -0.375 e. The lowest BCUT2D eigenvalue weighted by Crippen LogP contribution is -2.37. The minimum absolute atomic E-state index is 0.0822. The number of nitrogens with zero attached hydrogens (tertiary/aromatic N) is 5. The smallest absolute Gasteiger partial charge is 0.245 e. The second kappa shape index (κ2) is 7.79. The molecule has 0 fully saturated rings. The summed E-state index contributed by atoms with van der Waals surface area (Å²) in [6, 6.07) is 4.19. The van der Waals surface area contributed by atoms with E-state index in [0.717, 1.165) is 31.9 Å². The molecule has 0 radical (unpaired) electrons. The second-order valence-electron chi connectivity index (χ2n) is 6.68. The topological polar surface area (TPSA) is 77.2 Å². The first-order valence-corrected chi connectivity index (χ1v) is 8.53. The second-order valence-corrected chi connectivity index (χ2v) is 6.68. The molecule has 0 spiro atoms. The maximum absolute atomic E-state index is 11.7. The Morgan fingerprint density at radius 2 is 2.28 bits per heavy atom. The van der Waals surface area contributed by atoms with Gasteiger partial charge >= 0.3 is 0 Å². The summed E-state index contributed by atoms with van der Waals surface area (Å²) in [5, 5.41) is 11.8. The molecule has 1 aliphatic rings. The molecule has 3 heterocycles. The maximum atomic E-state index is 11.7. The van der Waals surface area contributed by atoms with E-state index in [0.29, 0.717) is 6.54 Å². The van der Waals surface area contributed by atoms with Gasteiger partial charge in [-0.1, -0.05) is 0 Å². The number of hydrogen-bond acceptors (Lipinski definition) is 5. The number of rotatable bonds is 6. The van der Waals surface area contributed by atoms with Crippen LogP contribution >= 0.6 is 0 Å². The van der Waals surface area contributed by atoms with Gasteiger partial charge in [0, 0.05) is 59.0 Å². The number of methoxy groups -OCH3 is 1. The van der Waals surface area contributed by atoms with E-state index in [1.807, 2.05) is 29.5 Å². The molecule has 1 amide bonds. The van der Waals surface area contributed by atoms with Crippen LogP contribution in [0.15, 0.2) is 18.3 Å². The molecule has 3 rings (SSSR count). The molecule has 8 heteroatoms. The van der Waals surface area contributed by atoms with E-state index in [9.17, 15) is 4.79 Å². The highest BCUT2D eigenvalue weighted by Crippen LogP contribution is 2.18. The Labute approximate surface area is 147 Å². The fourth-order valence-corrected chi connectivity index (χ4v) is 3.35. The van der Waals surface area contributed by atoms with Crippen LogP contribution in [0.25, 0.3) is 0 Å². The van der Waals surface area contributed by atoms with Crippen LogP contribution in [0.3, 0.4) is 0 Å². The summed E-state index contributed by atoms with van der Waals surface area (Å²) in [4.78, 5) is 14.1. The van der Waals surface area contributed by atoms with Crippen LogP contribution in [0.4, 0.5) is 0 Å². The zero-order valence-electron chi connectivity index (χ0n) is 15.1. The number of amides is 1. The fraction of sp³-hybridized carbons (Fsp3) is 0.588. The highest BCUT2D eigenvalue weighted by Gasteiger charge is 2.23. The number of carbonyl (C=O) groups is 1. The summed E-state index contributed by atoms with van der Waals surface area (Å²) in [5.74, 6) is 0.206. The van der Waals surface area contributed by atoms with Crippen molar-refractivity contribution >= 4 is 5.91 Å². The molecule has 0 aromatic carbocycles. The predicted molar refractivity (Wildman–Crippen MR) is 92.7 cm³/mol. The van der Waals surface area contributed by atoms with Crippen molar-refractivity contribution < 1.29 is 9.53 Å². The first-order chi connectivity index (χ1) is 12.0. The van der Waals surface area contributed by atoms with Gasteiger partial charge in [-0.15, -0.1) is 0 Å². The summed E-state index contributed by atoms with van der Waals surface area (Å²) in [6.45, 7) is 6.07. The first kappa shape index (κ1) is 17.6. The third kappa shape index (κ3) is 4.46.